The highest BCUT2D eigenvalue weighted by atomic mass is 32.2. The SMILES string of the molecule is CS(=O)(=O)Nc1ccccc1CNC(=O)C[C@@H]1CCCO1. The van der Waals surface area contributed by atoms with Crippen LogP contribution in [0, 0.1) is 0 Å². The Morgan fingerprint density at radius 1 is 1.38 bits per heavy atom. The van der Waals surface area contributed by atoms with Crippen LogP contribution in [0.4, 0.5) is 5.69 Å². The first-order valence-electron chi connectivity index (χ1n) is 6.88. The minimum atomic E-state index is -3.34. The van der Waals surface area contributed by atoms with Gasteiger partial charge in [0.05, 0.1) is 24.5 Å². The summed E-state index contributed by atoms with van der Waals surface area (Å²) in [7, 11) is -3.34. The van der Waals surface area contributed by atoms with Crippen molar-refractivity contribution in [1.29, 1.82) is 0 Å². The van der Waals surface area contributed by atoms with Crippen molar-refractivity contribution in [3.05, 3.63) is 29.8 Å². The van der Waals surface area contributed by atoms with Crippen LogP contribution in [-0.2, 0) is 26.1 Å². The molecule has 21 heavy (non-hydrogen) atoms. The molecule has 0 radical (unpaired) electrons. The van der Waals surface area contributed by atoms with E-state index in [0.717, 1.165) is 31.3 Å². The Hall–Kier alpha value is -1.60. The molecule has 0 saturated carbocycles. The summed E-state index contributed by atoms with van der Waals surface area (Å²) in [5, 5.41) is 2.80. The van der Waals surface area contributed by atoms with E-state index < -0.39 is 10.0 Å². The topological polar surface area (TPSA) is 84.5 Å². The van der Waals surface area contributed by atoms with Gasteiger partial charge in [0.2, 0.25) is 15.9 Å². The fraction of sp³-hybridized carbons (Fsp3) is 0.500. The van der Waals surface area contributed by atoms with Crippen molar-refractivity contribution >= 4 is 21.6 Å². The van der Waals surface area contributed by atoms with Gasteiger partial charge in [0, 0.05) is 13.2 Å². The molecule has 1 aliphatic heterocycles. The Morgan fingerprint density at radius 3 is 2.81 bits per heavy atom. The highest BCUT2D eigenvalue weighted by Gasteiger charge is 2.19. The Bertz CT molecular complexity index is 595. The van der Waals surface area contributed by atoms with E-state index >= 15 is 0 Å². The van der Waals surface area contributed by atoms with Gasteiger partial charge in [-0.1, -0.05) is 18.2 Å². The third-order valence-electron chi connectivity index (χ3n) is 3.23. The first kappa shape index (κ1) is 15.8. The fourth-order valence-corrected chi connectivity index (χ4v) is 2.85. The number of nitrogens with one attached hydrogen (secondary N) is 2. The summed E-state index contributed by atoms with van der Waals surface area (Å²) < 4.78 is 30.5. The van der Waals surface area contributed by atoms with Crippen molar-refractivity contribution in [2.45, 2.75) is 31.9 Å². The summed E-state index contributed by atoms with van der Waals surface area (Å²) in [6.07, 6.45) is 3.37. The number of benzene rings is 1. The normalized spacial score (nSPS) is 18.4. The molecule has 7 heteroatoms. The maximum absolute atomic E-state index is 11.8. The zero-order valence-electron chi connectivity index (χ0n) is 12.0. The molecule has 2 N–H and O–H groups in total. The molecule has 1 amide bonds. The molecule has 1 aliphatic rings. The Morgan fingerprint density at radius 2 is 2.14 bits per heavy atom. The predicted molar refractivity (Wildman–Crippen MR) is 80.3 cm³/mol. The average molecular weight is 312 g/mol. The van der Waals surface area contributed by atoms with Crippen LogP contribution in [0.1, 0.15) is 24.8 Å². The molecule has 1 saturated heterocycles. The van der Waals surface area contributed by atoms with Gasteiger partial charge >= 0.3 is 0 Å². The molecule has 1 aromatic carbocycles. The van der Waals surface area contributed by atoms with Crippen LogP contribution in [0.25, 0.3) is 0 Å². The molecule has 1 atom stereocenters. The summed E-state index contributed by atoms with van der Waals surface area (Å²) in [5.74, 6) is -0.0870. The molecule has 116 valence electrons. The molecule has 6 nitrogen and oxygen atoms in total. The molecular weight excluding hydrogens is 292 g/mol. The van der Waals surface area contributed by atoms with Crippen molar-refractivity contribution < 1.29 is 17.9 Å². The molecule has 0 aromatic heterocycles. The smallest absolute Gasteiger partial charge is 0.229 e. The lowest BCUT2D eigenvalue weighted by atomic mass is 10.1. The van der Waals surface area contributed by atoms with Crippen molar-refractivity contribution in [3.63, 3.8) is 0 Å². The van der Waals surface area contributed by atoms with Gasteiger partial charge in [0.15, 0.2) is 0 Å². The number of para-hydroxylation sites is 1. The first-order valence-corrected chi connectivity index (χ1v) is 8.77. The quantitative estimate of drug-likeness (QED) is 0.828. The average Bonchev–Trinajstić information content (AvgIpc) is 2.89. The van der Waals surface area contributed by atoms with E-state index in [1.807, 2.05) is 0 Å². The fourth-order valence-electron chi connectivity index (χ4n) is 2.25. The van der Waals surface area contributed by atoms with Gasteiger partial charge in [0.1, 0.15) is 0 Å². The van der Waals surface area contributed by atoms with Crippen molar-refractivity contribution in [1.82, 2.24) is 5.32 Å². The first-order chi connectivity index (χ1) is 9.94. The van der Waals surface area contributed by atoms with Crippen molar-refractivity contribution in [2.24, 2.45) is 0 Å². The Labute approximate surface area is 124 Å². The molecular formula is C14H20N2O4S. The third-order valence-corrected chi connectivity index (χ3v) is 3.82. The van der Waals surface area contributed by atoms with E-state index in [2.05, 4.69) is 10.0 Å². The maximum Gasteiger partial charge on any atom is 0.229 e. The van der Waals surface area contributed by atoms with Gasteiger partial charge in [-0.05, 0) is 24.5 Å². The van der Waals surface area contributed by atoms with Crippen LogP contribution in [0.2, 0.25) is 0 Å². The number of carbonyl (C=O) groups is 1. The molecule has 2 rings (SSSR count). The lowest BCUT2D eigenvalue weighted by Crippen LogP contribution is -2.27. The van der Waals surface area contributed by atoms with Gasteiger partial charge < -0.3 is 10.1 Å². The highest BCUT2D eigenvalue weighted by molar-refractivity contribution is 7.92. The van der Waals surface area contributed by atoms with E-state index in [1.165, 1.54) is 0 Å². The number of sulfonamides is 1. The second-order valence-corrected chi connectivity index (χ2v) is 6.90. The molecule has 0 aliphatic carbocycles. The van der Waals surface area contributed by atoms with Crippen LogP contribution in [-0.4, -0.2) is 33.3 Å². The molecule has 0 spiro atoms. The number of carbonyl (C=O) groups excluding carboxylic acids is 1. The molecule has 0 bridgehead atoms. The summed E-state index contributed by atoms with van der Waals surface area (Å²) >= 11 is 0. The zero-order chi connectivity index (χ0) is 15.3. The molecule has 1 aromatic rings. The minimum absolute atomic E-state index is 0.00869. The summed E-state index contributed by atoms with van der Waals surface area (Å²) in [4.78, 5) is 11.8. The second kappa shape index (κ2) is 6.91. The summed E-state index contributed by atoms with van der Waals surface area (Å²) in [6, 6.07) is 6.99. The van der Waals surface area contributed by atoms with Gasteiger partial charge in [-0.25, -0.2) is 8.42 Å². The monoisotopic (exact) mass is 312 g/mol. The molecule has 1 fully saturated rings. The van der Waals surface area contributed by atoms with Crippen LogP contribution < -0.4 is 10.0 Å². The lowest BCUT2D eigenvalue weighted by Gasteiger charge is -2.13. The Balaban J connectivity index is 1.91. The number of amides is 1. The van der Waals surface area contributed by atoms with E-state index in [9.17, 15) is 13.2 Å². The van der Waals surface area contributed by atoms with Gasteiger partial charge in [0.25, 0.3) is 0 Å². The van der Waals surface area contributed by atoms with E-state index in [4.69, 9.17) is 4.74 Å². The number of rotatable bonds is 6. The van der Waals surface area contributed by atoms with Crippen LogP contribution in [0.5, 0.6) is 0 Å². The van der Waals surface area contributed by atoms with Crippen LogP contribution in [0.3, 0.4) is 0 Å². The Kier molecular flexibility index (Phi) is 5.19. The van der Waals surface area contributed by atoms with E-state index in [0.29, 0.717) is 12.1 Å². The highest BCUT2D eigenvalue weighted by Crippen LogP contribution is 2.17. The molecule has 1 heterocycles. The second-order valence-electron chi connectivity index (χ2n) is 5.15. The van der Waals surface area contributed by atoms with Crippen molar-refractivity contribution in [2.75, 3.05) is 17.6 Å². The lowest BCUT2D eigenvalue weighted by molar-refractivity contribution is -0.123. The standard InChI is InChI=1S/C14H20N2O4S/c1-21(18,19)16-13-7-3-2-5-11(13)10-15-14(17)9-12-6-4-8-20-12/h2-3,5,7,12,16H,4,6,8-10H2,1H3,(H,15,17)/t12-/m0/s1. The largest absolute Gasteiger partial charge is 0.378 e. The number of anilines is 1. The zero-order valence-corrected chi connectivity index (χ0v) is 12.8. The van der Waals surface area contributed by atoms with Gasteiger partial charge in [-0.2, -0.15) is 0 Å². The number of hydrogen-bond donors (Lipinski definition) is 2. The third kappa shape index (κ3) is 5.35. The van der Waals surface area contributed by atoms with Crippen LogP contribution in [0.15, 0.2) is 24.3 Å². The van der Waals surface area contributed by atoms with E-state index in [1.54, 1.807) is 24.3 Å². The van der Waals surface area contributed by atoms with Crippen molar-refractivity contribution in [3.8, 4) is 0 Å². The van der Waals surface area contributed by atoms with Gasteiger partial charge in [-0.15, -0.1) is 0 Å². The molecule has 0 unspecified atom stereocenters. The number of ether oxygens (including phenoxy) is 1. The van der Waals surface area contributed by atoms with Gasteiger partial charge in [-0.3, -0.25) is 9.52 Å². The van der Waals surface area contributed by atoms with Crippen LogP contribution >= 0.6 is 0 Å². The summed E-state index contributed by atoms with van der Waals surface area (Å²) in [6.45, 7) is 1.00. The van der Waals surface area contributed by atoms with E-state index in [-0.39, 0.29) is 18.6 Å². The summed E-state index contributed by atoms with van der Waals surface area (Å²) in [5.41, 5.74) is 1.21. The number of hydrogen-bond acceptors (Lipinski definition) is 4. The minimum Gasteiger partial charge on any atom is -0.378 e. The predicted octanol–water partition coefficient (Wildman–Crippen LogP) is 1.24. The maximum atomic E-state index is 11.8.